The van der Waals surface area contributed by atoms with E-state index in [0.29, 0.717) is 36.6 Å². The fourth-order valence-electron chi connectivity index (χ4n) is 4.81. The number of rotatable bonds is 2. The Morgan fingerprint density at radius 3 is 2.42 bits per heavy atom. The lowest BCUT2D eigenvalue weighted by atomic mass is 9.88. The van der Waals surface area contributed by atoms with Gasteiger partial charge < -0.3 is 15.0 Å². The van der Waals surface area contributed by atoms with Crippen molar-refractivity contribution in [3.05, 3.63) is 93.8 Å². The van der Waals surface area contributed by atoms with Crippen molar-refractivity contribution in [2.45, 2.75) is 32.0 Å². The van der Waals surface area contributed by atoms with Crippen LogP contribution in [-0.2, 0) is 12.8 Å². The molecule has 3 aromatic rings. The fraction of sp³-hybridized carbons (Fsp3) is 0.259. The first kappa shape index (κ1) is 24.2. The van der Waals surface area contributed by atoms with Crippen LogP contribution in [0.15, 0.2) is 66.4 Å². The minimum Gasteiger partial charge on any atom is -0.406 e. The van der Waals surface area contributed by atoms with E-state index >= 15 is 0 Å². The van der Waals surface area contributed by atoms with E-state index in [1.54, 1.807) is 4.90 Å². The molecule has 2 heterocycles. The highest BCUT2D eigenvalue weighted by atomic mass is 35.5. The Balaban J connectivity index is 1.33. The SMILES string of the molecule is O=C(Nc1ccc(OC(F)(F)F)cc1)N1CCC(=C2c3ccc(Cl)cc3CCc3cccnc32)CC1. The van der Waals surface area contributed by atoms with Crippen LogP contribution in [-0.4, -0.2) is 35.4 Å². The van der Waals surface area contributed by atoms with Crippen LogP contribution >= 0.6 is 11.6 Å². The molecule has 1 aliphatic carbocycles. The number of alkyl halides is 3. The largest absolute Gasteiger partial charge is 0.573 e. The number of pyridine rings is 1. The van der Waals surface area contributed by atoms with E-state index in [9.17, 15) is 18.0 Å². The highest BCUT2D eigenvalue weighted by Crippen LogP contribution is 2.38. The number of nitrogens with zero attached hydrogens (tertiary/aromatic N) is 2. The predicted octanol–water partition coefficient (Wildman–Crippen LogP) is 6.86. The summed E-state index contributed by atoms with van der Waals surface area (Å²) < 4.78 is 40.9. The summed E-state index contributed by atoms with van der Waals surface area (Å²) in [6.45, 7) is 1.04. The van der Waals surface area contributed by atoms with Gasteiger partial charge in [0.15, 0.2) is 0 Å². The van der Waals surface area contributed by atoms with Gasteiger partial charge in [-0.25, -0.2) is 4.79 Å². The maximum atomic E-state index is 12.8. The number of carbonyl (C=O) groups excluding carboxylic acids is 1. The van der Waals surface area contributed by atoms with E-state index < -0.39 is 6.36 Å². The molecule has 1 saturated heterocycles. The first-order chi connectivity index (χ1) is 17.3. The molecule has 1 aliphatic heterocycles. The zero-order valence-corrected chi connectivity index (χ0v) is 20.0. The van der Waals surface area contributed by atoms with Crippen molar-refractivity contribution in [1.82, 2.24) is 9.88 Å². The number of nitrogens with one attached hydrogen (secondary N) is 1. The number of halogens is 4. The Labute approximate surface area is 211 Å². The quantitative estimate of drug-likeness (QED) is 0.407. The first-order valence-electron chi connectivity index (χ1n) is 11.6. The molecule has 0 saturated carbocycles. The summed E-state index contributed by atoms with van der Waals surface area (Å²) in [7, 11) is 0. The van der Waals surface area contributed by atoms with E-state index in [1.165, 1.54) is 41.0 Å². The summed E-state index contributed by atoms with van der Waals surface area (Å²) >= 11 is 6.29. The fourth-order valence-corrected chi connectivity index (χ4v) is 5.00. The number of likely N-dealkylation sites (tertiary alicyclic amines) is 1. The molecule has 5 nitrogen and oxygen atoms in total. The molecule has 186 valence electrons. The average molecular weight is 514 g/mol. The third-order valence-electron chi connectivity index (χ3n) is 6.48. The van der Waals surface area contributed by atoms with Crippen LogP contribution in [0.5, 0.6) is 5.75 Å². The molecule has 9 heteroatoms. The van der Waals surface area contributed by atoms with Crippen LogP contribution in [0.4, 0.5) is 23.7 Å². The molecule has 36 heavy (non-hydrogen) atoms. The molecule has 1 N–H and O–H groups in total. The highest BCUT2D eigenvalue weighted by molar-refractivity contribution is 6.30. The van der Waals surface area contributed by atoms with E-state index in [-0.39, 0.29) is 11.8 Å². The number of benzene rings is 2. The van der Waals surface area contributed by atoms with Crippen molar-refractivity contribution < 1.29 is 22.7 Å². The lowest BCUT2D eigenvalue weighted by Crippen LogP contribution is -2.39. The molecule has 0 bridgehead atoms. The van der Waals surface area contributed by atoms with Crippen LogP contribution < -0.4 is 10.1 Å². The second-order valence-electron chi connectivity index (χ2n) is 8.78. The number of amides is 2. The van der Waals surface area contributed by atoms with Gasteiger partial charge in [-0.1, -0.05) is 29.3 Å². The second-order valence-corrected chi connectivity index (χ2v) is 9.22. The molecule has 0 unspecified atom stereocenters. The molecular weight excluding hydrogens is 491 g/mol. The van der Waals surface area contributed by atoms with Gasteiger partial charge in [0.25, 0.3) is 0 Å². The Bertz CT molecular complexity index is 1310. The topological polar surface area (TPSA) is 54.5 Å². The molecule has 1 fully saturated rings. The van der Waals surface area contributed by atoms with Crippen LogP contribution in [0.2, 0.25) is 5.02 Å². The lowest BCUT2D eigenvalue weighted by molar-refractivity contribution is -0.274. The minimum absolute atomic E-state index is 0.296. The number of hydrogen-bond donors (Lipinski definition) is 1. The summed E-state index contributed by atoms with van der Waals surface area (Å²) in [5.74, 6) is -0.339. The van der Waals surface area contributed by atoms with Gasteiger partial charge in [-0.3, -0.25) is 4.98 Å². The number of piperidine rings is 1. The van der Waals surface area contributed by atoms with E-state index in [4.69, 9.17) is 16.6 Å². The number of urea groups is 1. The van der Waals surface area contributed by atoms with Gasteiger partial charge in [0.2, 0.25) is 0 Å². The Morgan fingerprint density at radius 2 is 1.69 bits per heavy atom. The summed E-state index contributed by atoms with van der Waals surface area (Å²) in [4.78, 5) is 19.3. The lowest BCUT2D eigenvalue weighted by Gasteiger charge is -2.30. The van der Waals surface area contributed by atoms with Gasteiger partial charge in [0.05, 0.1) is 5.69 Å². The van der Waals surface area contributed by atoms with Gasteiger partial charge in [-0.05, 0) is 84.8 Å². The number of hydrogen-bond acceptors (Lipinski definition) is 3. The maximum absolute atomic E-state index is 12.8. The molecule has 5 rings (SSSR count). The van der Waals surface area contributed by atoms with Crippen LogP contribution in [0.25, 0.3) is 5.57 Å². The standard InChI is InChI=1S/C27H23ClF3N3O2/c28-20-5-10-23-19(16-20)4-3-18-2-1-13-32-25(18)24(23)17-11-14-34(15-12-17)26(35)33-21-6-8-22(9-7-21)36-27(29,30)31/h1-2,5-10,13,16H,3-4,11-12,14-15H2,(H,33,35). The third-order valence-corrected chi connectivity index (χ3v) is 6.71. The van der Waals surface area contributed by atoms with Crippen molar-refractivity contribution in [2.75, 3.05) is 18.4 Å². The van der Waals surface area contributed by atoms with Gasteiger partial charge in [0, 0.05) is 35.6 Å². The Morgan fingerprint density at radius 1 is 0.972 bits per heavy atom. The summed E-state index contributed by atoms with van der Waals surface area (Å²) in [5.41, 5.74) is 7.31. The number of carbonyl (C=O) groups is 1. The van der Waals surface area contributed by atoms with Gasteiger partial charge >= 0.3 is 12.4 Å². The predicted molar refractivity (Wildman–Crippen MR) is 132 cm³/mol. The zero-order valence-electron chi connectivity index (χ0n) is 19.2. The van der Waals surface area contributed by atoms with Crippen LogP contribution in [0, 0.1) is 0 Å². The Kier molecular flexibility index (Phi) is 6.62. The number of anilines is 1. The molecular formula is C27H23ClF3N3O2. The number of fused-ring (bicyclic) bond motifs is 2. The van der Waals surface area contributed by atoms with Crippen molar-refractivity contribution in [2.24, 2.45) is 0 Å². The Hall–Kier alpha value is -3.52. The summed E-state index contributed by atoms with van der Waals surface area (Å²) in [6.07, 6.45) is 0.207. The van der Waals surface area contributed by atoms with E-state index in [0.717, 1.165) is 29.7 Å². The summed E-state index contributed by atoms with van der Waals surface area (Å²) in [6, 6.07) is 14.9. The van der Waals surface area contributed by atoms with Crippen molar-refractivity contribution in [1.29, 1.82) is 0 Å². The minimum atomic E-state index is -4.76. The summed E-state index contributed by atoms with van der Waals surface area (Å²) in [5, 5.41) is 3.46. The second kappa shape index (κ2) is 9.85. The van der Waals surface area contributed by atoms with Gasteiger partial charge in [-0.15, -0.1) is 13.2 Å². The van der Waals surface area contributed by atoms with Crippen LogP contribution in [0.1, 0.15) is 35.2 Å². The highest BCUT2D eigenvalue weighted by Gasteiger charge is 2.31. The zero-order chi connectivity index (χ0) is 25.3. The monoisotopic (exact) mass is 513 g/mol. The van der Waals surface area contributed by atoms with Gasteiger partial charge in [-0.2, -0.15) is 0 Å². The van der Waals surface area contributed by atoms with Crippen molar-refractivity contribution in [3.63, 3.8) is 0 Å². The van der Waals surface area contributed by atoms with Crippen LogP contribution in [0.3, 0.4) is 0 Å². The molecule has 0 spiro atoms. The average Bonchev–Trinajstić information content (AvgIpc) is 3.01. The number of ether oxygens (including phenoxy) is 1. The van der Waals surface area contributed by atoms with E-state index in [2.05, 4.69) is 22.2 Å². The van der Waals surface area contributed by atoms with Crippen molar-refractivity contribution in [3.8, 4) is 5.75 Å². The number of aryl methyl sites for hydroxylation is 2. The van der Waals surface area contributed by atoms with E-state index in [1.807, 2.05) is 24.4 Å². The number of aromatic nitrogens is 1. The molecule has 0 atom stereocenters. The maximum Gasteiger partial charge on any atom is 0.573 e. The first-order valence-corrected chi connectivity index (χ1v) is 12.0. The smallest absolute Gasteiger partial charge is 0.406 e. The third kappa shape index (κ3) is 5.33. The van der Waals surface area contributed by atoms with Gasteiger partial charge in [0.1, 0.15) is 5.75 Å². The molecule has 2 aromatic carbocycles. The molecule has 1 aromatic heterocycles. The normalized spacial score (nSPS) is 15.6. The molecule has 2 aliphatic rings. The molecule has 2 amide bonds. The van der Waals surface area contributed by atoms with Crippen molar-refractivity contribution >= 4 is 28.9 Å². The molecule has 0 radical (unpaired) electrons.